The third-order valence-electron chi connectivity index (χ3n) is 6.75. The quantitative estimate of drug-likeness (QED) is 0.123. The number of carbonyl (C=O) groups excluding carboxylic acids is 1. The number of thioether (sulfide) groups is 1. The molecule has 0 spiro atoms. The van der Waals surface area contributed by atoms with Crippen molar-refractivity contribution in [2.75, 3.05) is 34.2 Å². The number of carbonyl (C=O) groups is 1. The van der Waals surface area contributed by atoms with Crippen LogP contribution in [0.25, 0.3) is 15.9 Å². The van der Waals surface area contributed by atoms with Crippen molar-refractivity contribution < 1.29 is 23.7 Å². The van der Waals surface area contributed by atoms with Crippen molar-refractivity contribution in [3.8, 4) is 28.7 Å². The van der Waals surface area contributed by atoms with Crippen molar-refractivity contribution in [3.05, 3.63) is 62.8 Å². The summed E-state index contributed by atoms with van der Waals surface area (Å²) in [4.78, 5) is 33.5. The number of amides is 1. The smallest absolute Gasteiger partial charge is 0.267 e. The van der Waals surface area contributed by atoms with E-state index >= 15 is 0 Å². The molecule has 1 amide bonds. The molecule has 0 saturated heterocycles. The molecule has 5 rings (SSSR count). The van der Waals surface area contributed by atoms with E-state index in [0.29, 0.717) is 49.6 Å². The predicted octanol–water partition coefficient (Wildman–Crippen LogP) is 4.60. The maximum atomic E-state index is 13.9. The lowest BCUT2D eigenvalue weighted by molar-refractivity contribution is -0.118. The zero-order chi connectivity index (χ0) is 28.9. The van der Waals surface area contributed by atoms with E-state index in [1.165, 1.54) is 44.2 Å². The van der Waals surface area contributed by atoms with E-state index < -0.39 is 0 Å². The van der Waals surface area contributed by atoms with Crippen LogP contribution < -0.4 is 29.9 Å². The van der Waals surface area contributed by atoms with Gasteiger partial charge in [-0.05, 0) is 67.6 Å². The molecule has 1 N–H and O–H groups in total. The van der Waals surface area contributed by atoms with Gasteiger partial charge in [0.15, 0.2) is 16.7 Å². The summed E-state index contributed by atoms with van der Waals surface area (Å²) >= 11 is 2.76. The minimum Gasteiger partial charge on any atom is -0.497 e. The second kappa shape index (κ2) is 12.6. The Balaban J connectivity index is 1.40. The van der Waals surface area contributed by atoms with Crippen molar-refractivity contribution in [3.63, 3.8) is 0 Å². The lowest BCUT2D eigenvalue weighted by atomic mass is 9.97. The lowest BCUT2D eigenvalue weighted by Crippen LogP contribution is -2.24. The Morgan fingerprint density at radius 3 is 2.49 bits per heavy atom. The Morgan fingerprint density at radius 2 is 1.78 bits per heavy atom. The minimum absolute atomic E-state index is 0.000397. The molecule has 1 aliphatic rings. The molecular weight excluding hydrogens is 564 g/mol. The van der Waals surface area contributed by atoms with Gasteiger partial charge >= 0.3 is 0 Å². The molecule has 1 aliphatic carbocycles. The fraction of sp³-hybridized carbons (Fsp3) is 0.310. The van der Waals surface area contributed by atoms with Crippen molar-refractivity contribution in [2.45, 2.75) is 30.8 Å². The first kappa shape index (κ1) is 28.5. The van der Waals surface area contributed by atoms with Crippen molar-refractivity contribution in [2.24, 2.45) is 5.10 Å². The number of hydrazone groups is 1. The number of methoxy groups -OCH3 is 4. The summed E-state index contributed by atoms with van der Waals surface area (Å²) in [5.74, 6) is 1.70. The molecule has 12 heteroatoms. The summed E-state index contributed by atoms with van der Waals surface area (Å²) in [5, 5.41) is 5.21. The largest absolute Gasteiger partial charge is 0.497 e. The van der Waals surface area contributed by atoms with Gasteiger partial charge in [0.2, 0.25) is 5.75 Å². The Kier molecular flexibility index (Phi) is 8.79. The van der Waals surface area contributed by atoms with Gasteiger partial charge in [0.05, 0.1) is 51.5 Å². The van der Waals surface area contributed by atoms with E-state index in [-0.39, 0.29) is 17.2 Å². The van der Waals surface area contributed by atoms with E-state index in [2.05, 4.69) is 10.5 Å². The molecule has 0 atom stereocenters. The molecule has 41 heavy (non-hydrogen) atoms. The number of hydrogen-bond acceptors (Lipinski definition) is 10. The molecule has 0 radical (unpaired) electrons. The zero-order valence-corrected chi connectivity index (χ0v) is 24.8. The average molecular weight is 595 g/mol. The van der Waals surface area contributed by atoms with Crippen LogP contribution in [0.15, 0.2) is 51.5 Å². The molecule has 0 unspecified atom stereocenters. The number of hydrogen-bond donors (Lipinski definition) is 1. The van der Waals surface area contributed by atoms with Crippen LogP contribution in [0.2, 0.25) is 0 Å². The van der Waals surface area contributed by atoms with Gasteiger partial charge in [-0.1, -0.05) is 11.8 Å². The summed E-state index contributed by atoms with van der Waals surface area (Å²) in [5.41, 5.74) is 4.78. The summed E-state index contributed by atoms with van der Waals surface area (Å²) < 4.78 is 23.0. The number of nitrogens with one attached hydrogen (secondary N) is 1. The van der Waals surface area contributed by atoms with Gasteiger partial charge in [-0.2, -0.15) is 5.10 Å². The first-order chi connectivity index (χ1) is 20.0. The Labute approximate surface area is 245 Å². The van der Waals surface area contributed by atoms with Gasteiger partial charge in [0, 0.05) is 10.4 Å². The summed E-state index contributed by atoms with van der Waals surface area (Å²) in [7, 11) is 6.16. The Bertz CT molecular complexity index is 1660. The highest BCUT2D eigenvalue weighted by molar-refractivity contribution is 7.99. The number of fused-ring (bicyclic) bond motifs is 3. The second-order valence-corrected chi connectivity index (χ2v) is 11.2. The van der Waals surface area contributed by atoms with Gasteiger partial charge < -0.3 is 18.9 Å². The lowest BCUT2D eigenvalue weighted by Gasteiger charge is -2.14. The van der Waals surface area contributed by atoms with Crippen LogP contribution in [0.4, 0.5) is 0 Å². The molecule has 2 aromatic carbocycles. The first-order valence-electron chi connectivity index (χ1n) is 12.9. The topological polar surface area (TPSA) is 113 Å². The van der Waals surface area contributed by atoms with E-state index in [1.807, 2.05) is 12.1 Å². The first-order valence-corrected chi connectivity index (χ1v) is 14.7. The van der Waals surface area contributed by atoms with Gasteiger partial charge in [-0.3, -0.25) is 14.2 Å². The van der Waals surface area contributed by atoms with Crippen LogP contribution in [0.3, 0.4) is 0 Å². The van der Waals surface area contributed by atoms with Crippen LogP contribution in [0.1, 0.15) is 28.8 Å². The average Bonchev–Trinajstić information content (AvgIpc) is 3.38. The Hall–Kier alpha value is -4.03. The maximum absolute atomic E-state index is 13.9. The van der Waals surface area contributed by atoms with E-state index in [0.717, 1.165) is 31.2 Å². The summed E-state index contributed by atoms with van der Waals surface area (Å²) in [6, 6.07) is 10.7. The predicted molar refractivity (Wildman–Crippen MR) is 161 cm³/mol. The third-order valence-corrected chi connectivity index (χ3v) is 8.87. The number of nitrogens with zero attached hydrogens (tertiary/aromatic N) is 3. The fourth-order valence-electron chi connectivity index (χ4n) is 4.80. The van der Waals surface area contributed by atoms with E-state index in [4.69, 9.17) is 23.9 Å². The molecule has 0 aliphatic heterocycles. The number of rotatable bonds is 10. The number of ether oxygens (including phenoxy) is 4. The molecule has 0 bridgehead atoms. The fourth-order valence-corrected chi connectivity index (χ4v) is 6.91. The number of aromatic nitrogens is 2. The van der Waals surface area contributed by atoms with Crippen LogP contribution >= 0.6 is 23.1 Å². The van der Waals surface area contributed by atoms with Gasteiger partial charge in [-0.15, -0.1) is 11.3 Å². The highest BCUT2D eigenvalue weighted by Crippen LogP contribution is 2.39. The molecule has 10 nitrogen and oxygen atoms in total. The number of thiophene rings is 1. The molecule has 2 aromatic heterocycles. The van der Waals surface area contributed by atoms with Crippen molar-refractivity contribution in [1.82, 2.24) is 15.0 Å². The highest BCUT2D eigenvalue weighted by atomic mass is 32.2. The normalized spacial score (nSPS) is 12.8. The summed E-state index contributed by atoms with van der Waals surface area (Å²) in [6.07, 6.45) is 5.49. The highest BCUT2D eigenvalue weighted by Gasteiger charge is 2.23. The van der Waals surface area contributed by atoms with Crippen molar-refractivity contribution in [1.29, 1.82) is 0 Å². The van der Waals surface area contributed by atoms with Crippen molar-refractivity contribution >= 4 is 45.4 Å². The molecular formula is C29H30N4O6S2. The van der Waals surface area contributed by atoms with Crippen LogP contribution in [-0.4, -0.2) is 55.9 Å². The third kappa shape index (κ3) is 5.75. The molecule has 4 aromatic rings. The molecule has 214 valence electrons. The second-order valence-electron chi connectivity index (χ2n) is 9.13. The summed E-state index contributed by atoms with van der Waals surface area (Å²) in [6.45, 7) is 0. The standard InChI is InChI=1S/C29H30N4O6S2/c1-36-19-12-10-18(11-13-19)33-28(35)24-20-7-5-6-8-22(20)41-27(24)31-29(33)40-16-23(34)32-30-15-17-9-14-21(37-2)26(39-4)25(17)38-3/h9-15H,5-8,16H2,1-4H3,(H,32,34). The van der Waals surface area contributed by atoms with Crippen LogP contribution in [0.5, 0.6) is 23.0 Å². The SMILES string of the molecule is COc1ccc(-n2c(SCC(=O)NN=Cc3ccc(OC)c(OC)c3OC)nc3sc4c(c3c2=O)CCCC4)cc1. The zero-order valence-electron chi connectivity index (χ0n) is 23.2. The van der Waals surface area contributed by atoms with Gasteiger partial charge in [-0.25, -0.2) is 10.4 Å². The molecule has 0 fully saturated rings. The molecule has 2 heterocycles. The van der Waals surface area contributed by atoms with Crippen LogP contribution in [-0.2, 0) is 17.6 Å². The van der Waals surface area contributed by atoms with Gasteiger partial charge in [0.1, 0.15) is 10.6 Å². The van der Waals surface area contributed by atoms with E-state index in [1.54, 1.807) is 47.3 Å². The van der Waals surface area contributed by atoms with Gasteiger partial charge in [0.25, 0.3) is 11.5 Å². The maximum Gasteiger partial charge on any atom is 0.267 e. The minimum atomic E-state index is -0.355. The molecule has 0 saturated carbocycles. The van der Waals surface area contributed by atoms with E-state index in [9.17, 15) is 9.59 Å². The number of benzene rings is 2. The van der Waals surface area contributed by atoms with Crippen LogP contribution in [0, 0.1) is 0 Å². The Morgan fingerprint density at radius 1 is 1.02 bits per heavy atom. The monoisotopic (exact) mass is 594 g/mol. The number of aryl methyl sites for hydroxylation is 2.